The van der Waals surface area contributed by atoms with Gasteiger partial charge >= 0.3 is 0 Å². The van der Waals surface area contributed by atoms with E-state index in [-0.39, 0.29) is 0 Å². The van der Waals surface area contributed by atoms with E-state index >= 15 is 0 Å². The highest BCUT2D eigenvalue weighted by Crippen LogP contribution is 2.30. The molecule has 2 rings (SSSR count). The molecule has 0 spiro atoms. The van der Waals surface area contributed by atoms with Crippen LogP contribution in [0.3, 0.4) is 0 Å². The Bertz CT molecular complexity index is 513. The van der Waals surface area contributed by atoms with E-state index in [1.807, 2.05) is 25.2 Å². The van der Waals surface area contributed by atoms with Gasteiger partial charge in [0.15, 0.2) is 0 Å². The quantitative estimate of drug-likeness (QED) is 0.788. The van der Waals surface area contributed by atoms with E-state index in [2.05, 4.69) is 4.90 Å². The van der Waals surface area contributed by atoms with E-state index in [1.54, 1.807) is 7.11 Å². The number of likely N-dealkylation sites (N-methyl/N-ethyl adjacent to an activating group) is 1. The van der Waals surface area contributed by atoms with Crippen molar-refractivity contribution < 1.29 is 9.84 Å². The predicted octanol–water partition coefficient (Wildman–Crippen LogP) is 2.07. The zero-order valence-electron chi connectivity index (χ0n) is 12.8. The summed E-state index contributed by atoms with van der Waals surface area (Å²) in [7, 11) is 3.64. The molecular weight excluding hydrogens is 284 g/mol. The van der Waals surface area contributed by atoms with Crippen molar-refractivity contribution in [1.29, 1.82) is 0 Å². The van der Waals surface area contributed by atoms with Crippen molar-refractivity contribution in [3.63, 3.8) is 0 Å². The van der Waals surface area contributed by atoms with Crippen LogP contribution < -0.4 is 10.5 Å². The Labute approximate surface area is 131 Å². The first kappa shape index (κ1) is 16.2. The van der Waals surface area contributed by atoms with Crippen LogP contribution in [-0.4, -0.2) is 41.3 Å². The Hall–Kier alpha value is -1.17. The minimum atomic E-state index is -0.521. The fraction of sp³-hybridized carbons (Fsp3) is 0.562. The molecule has 0 aromatic heterocycles. The third-order valence-electron chi connectivity index (χ3n) is 4.08. The minimum absolute atomic E-state index is 0.339. The van der Waals surface area contributed by atoms with E-state index in [1.165, 1.54) is 0 Å². The second-order valence-electron chi connectivity index (χ2n) is 6.00. The Morgan fingerprint density at radius 1 is 1.43 bits per heavy atom. The van der Waals surface area contributed by atoms with Gasteiger partial charge in [-0.1, -0.05) is 31.1 Å². The van der Waals surface area contributed by atoms with Crippen LogP contribution in [0.25, 0.3) is 0 Å². The predicted molar refractivity (Wildman–Crippen MR) is 88.6 cm³/mol. The summed E-state index contributed by atoms with van der Waals surface area (Å²) < 4.78 is 5.27. The van der Waals surface area contributed by atoms with Gasteiger partial charge in [0.2, 0.25) is 0 Å². The number of methoxy groups -OCH3 is 1. The van der Waals surface area contributed by atoms with Gasteiger partial charge in [0, 0.05) is 13.1 Å². The third-order valence-corrected chi connectivity index (χ3v) is 4.30. The summed E-state index contributed by atoms with van der Waals surface area (Å²) in [5, 5.41) is 10.5. The smallest absolute Gasteiger partial charge is 0.129 e. The van der Waals surface area contributed by atoms with Crippen molar-refractivity contribution in [1.82, 2.24) is 4.90 Å². The van der Waals surface area contributed by atoms with Crippen LogP contribution in [0.2, 0.25) is 0 Å². The van der Waals surface area contributed by atoms with Crippen molar-refractivity contribution in [3.8, 4) is 5.75 Å². The van der Waals surface area contributed by atoms with Crippen molar-refractivity contribution in [2.24, 2.45) is 5.73 Å². The molecule has 116 valence electrons. The van der Waals surface area contributed by atoms with Crippen LogP contribution in [0.1, 0.15) is 36.8 Å². The van der Waals surface area contributed by atoms with E-state index in [0.29, 0.717) is 17.3 Å². The highest BCUT2D eigenvalue weighted by atomic mass is 32.1. The highest BCUT2D eigenvalue weighted by molar-refractivity contribution is 7.80. The summed E-state index contributed by atoms with van der Waals surface area (Å²) in [5.74, 6) is 0.698. The average molecular weight is 308 g/mol. The van der Waals surface area contributed by atoms with Gasteiger partial charge in [0.1, 0.15) is 10.7 Å². The SMILES string of the molecule is COc1ccc(CN(C)CC2(O)CCCC2)cc1C(N)=S. The van der Waals surface area contributed by atoms with Gasteiger partial charge in [0.05, 0.1) is 18.3 Å². The first-order chi connectivity index (χ1) is 9.93. The fourth-order valence-electron chi connectivity index (χ4n) is 3.11. The lowest BCUT2D eigenvalue weighted by molar-refractivity contribution is 0.0145. The highest BCUT2D eigenvalue weighted by Gasteiger charge is 2.32. The number of aliphatic hydroxyl groups is 1. The molecule has 1 aromatic carbocycles. The lowest BCUT2D eigenvalue weighted by Gasteiger charge is -2.28. The lowest BCUT2D eigenvalue weighted by atomic mass is 10.0. The van der Waals surface area contributed by atoms with E-state index in [9.17, 15) is 5.11 Å². The molecule has 3 N–H and O–H groups in total. The molecule has 1 aromatic rings. The number of hydrogen-bond acceptors (Lipinski definition) is 4. The van der Waals surface area contributed by atoms with Crippen LogP contribution in [-0.2, 0) is 6.54 Å². The normalized spacial score (nSPS) is 17.1. The molecule has 0 aliphatic heterocycles. The maximum absolute atomic E-state index is 10.5. The van der Waals surface area contributed by atoms with Crippen molar-refractivity contribution in [2.45, 2.75) is 37.8 Å². The molecule has 5 heteroatoms. The molecular formula is C16H24N2O2S. The van der Waals surface area contributed by atoms with Crippen LogP contribution >= 0.6 is 12.2 Å². The van der Waals surface area contributed by atoms with Crippen molar-refractivity contribution in [3.05, 3.63) is 29.3 Å². The maximum atomic E-state index is 10.5. The Morgan fingerprint density at radius 3 is 2.67 bits per heavy atom. The molecule has 1 saturated carbocycles. The zero-order chi connectivity index (χ0) is 15.5. The molecule has 0 saturated heterocycles. The molecule has 1 aliphatic carbocycles. The maximum Gasteiger partial charge on any atom is 0.129 e. The van der Waals surface area contributed by atoms with Crippen LogP contribution in [0.4, 0.5) is 0 Å². The van der Waals surface area contributed by atoms with Gasteiger partial charge in [0.25, 0.3) is 0 Å². The molecule has 0 amide bonds. The van der Waals surface area contributed by atoms with Crippen LogP contribution in [0.15, 0.2) is 18.2 Å². The number of hydrogen-bond donors (Lipinski definition) is 2. The van der Waals surface area contributed by atoms with E-state index < -0.39 is 5.60 Å². The molecule has 1 aliphatic rings. The number of thiocarbonyl (C=S) groups is 1. The number of benzene rings is 1. The van der Waals surface area contributed by atoms with Gasteiger partial charge in [-0.2, -0.15) is 0 Å². The fourth-order valence-corrected chi connectivity index (χ4v) is 3.27. The lowest BCUT2D eigenvalue weighted by Crippen LogP contribution is -2.38. The van der Waals surface area contributed by atoms with E-state index in [4.69, 9.17) is 22.7 Å². The van der Waals surface area contributed by atoms with Gasteiger partial charge in [-0.15, -0.1) is 0 Å². The number of nitrogens with zero attached hydrogens (tertiary/aromatic N) is 1. The summed E-state index contributed by atoms with van der Waals surface area (Å²) in [5.41, 5.74) is 7.10. The van der Waals surface area contributed by atoms with Gasteiger partial charge in [-0.3, -0.25) is 4.90 Å². The van der Waals surface area contributed by atoms with Crippen LogP contribution in [0, 0.1) is 0 Å². The zero-order valence-corrected chi connectivity index (χ0v) is 13.6. The van der Waals surface area contributed by atoms with Gasteiger partial charge < -0.3 is 15.6 Å². The Kier molecular flexibility index (Phi) is 5.19. The standard InChI is InChI=1S/C16H24N2O2S/c1-18(11-16(19)7-3-4-8-16)10-12-5-6-14(20-2)13(9-12)15(17)21/h5-6,9,19H,3-4,7-8,10-11H2,1-2H3,(H2,17,21). The molecule has 21 heavy (non-hydrogen) atoms. The number of ether oxygens (including phenoxy) is 1. The third kappa shape index (κ3) is 4.15. The molecule has 0 atom stereocenters. The first-order valence-corrected chi connectivity index (χ1v) is 7.72. The molecule has 0 radical (unpaired) electrons. The number of rotatable bonds is 6. The summed E-state index contributed by atoms with van der Waals surface area (Å²) >= 11 is 5.07. The largest absolute Gasteiger partial charge is 0.496 e. The molecule has 1 fully saturated rings. The number of nitrogens with two attached hydrogens (primary N) is 1. The Morgan fingerprint density at radius 2 is 2.10 bits per heavy atom. The molecule has 0 heterocycles. The molecule has 0 unspecified atom stereocenters. The minimum Gasteiger partial charge on any atom is -0.496 e. The monoisotopic (exact) mass is 308 g/mol. The second-order valence-corrected chi connectivity index (χ2v) is 6.44. The van der Waals surface area contributed by atoms with Gasteiger partial charge in [-0.05, 0) is 37.6 Å². The molecule has 0 bridgehead atoms. The average Bonchev–Trinajstić information content (AvgIpc) is 2.84. The summed E-state index contributed by atoms with van der Waals surface area (Å²) in [6, 6.07) is 5.87. The summed E-state index contributed by atoms with van der Waals surface area (Å²) in [6.45, 7) is 1.45. The van der Waals surface area contributed by atoms with Crippen molar-refractivity contribution >= 4 is 17.2 Å². The Balaban J connectivity index is 2.05. The van der Waals surface area contributed by atoms with Crippen LogP contribution in [0.5, 0.6) is 5.75 Å². The molecule has 4 nitrogen and oxygen atoms in total. The summed E-state index contributed by atoms with van der Waals surface area (Å²) in [4.78, 5) is 2.49. The summed E-state index contributed by atoms with van der Waals surface area (Å²) in [6.07, 6.45) is 4.05. The topological polar surface area (TPSA) is 58.7 Å². The van der Waals surface area contributed by atoms with E-state index in [0.717, 1.165) is 43.4 Å². The van der Waals surface area contributed by atoms with Gasteiger partial charge in [-0.25, -0.2) is 0 Å². The van der Waals surface area contributed by atoms with Crippen molar-refractivity contribution in [2.75, 3.05) is 20.7 Å². The second kappa shape index (κ2) is 6.73. The first-order valence-electron chi connectivity index (χ1n) is 7.31.